The average Bonchev–Trinajstić information content (AvgIpc) is 2.75. The van der Waals surface area contributed by atoms with Crippen LogP contribution in [-0.2, 0) is 16.1 Å². The van der Waals surface area contributed by atoms with Crippen molar-refractivity contribution in [2.24, 2.45) is 0 Å². The first-order chi connectivity index (χ1) is 15.4. The number of hydrogen-bond donors (Lipinski definition) is 1. The highest BCUT2D eigenvalue weighted by Gasteiger charge is 2.12. The zero-order valence-electron chi connectivity index (χ0n) is 19.6. The number of nitrogens with zero attached hydrogens (tertiary/aromatic N) is 1. The van der Waals surface area contributed by atoms with Crippen LogP contribution in [0.2, 0.25) is 0 Å². The topological polar surface area (TPSA) is 80.6 Å². The van der Waals surface area contributed by atoms with E-state index in [1.165, 1.54) is 16.7 Å². The molecule has 0 spiro atoms. The molecule has 0 aliphatic rings. The van der Waals surface area contributed by atoms with Gasteiger partial charge >= 0.3 is 0 Å². The minimum Gasteiger partial charge on any atom is -0.490 e. The van der Waals surface area contributed by atoms with Crippen molar-refractivity contribution in [1.82, 2.24) is 5.32 Å². The molecule has 6 nitrogen and oxygen atoms in total. The molecular formula is C26H32N2O4. The van der Waals surface area contributed by atoms with Crippen LogP contribution < -0.4 is 14.8 Å². The van der Waals surface area contributed by atoms with Crippen LogP contribution in [0.5, 0.6) is 11.5 Å². The Morgan fingerprint density at radius 3 is 2.44 bits per heavy atom. The van der Waals surface area contributed by atoms with Crippen molar-refractivity contribution in [3.63, 3.8) is 0 Å². The Morgan fingerprint density at radius 1 is 1.09 bits per heavy atom. The van der Waals surface area contributed by atoms with Crippen molar-refractivity contribution >= 4 is 12.0 Å². The fourth-order valence-corrected chi connectivity index (χ4v) is 3.42. The monoisotopic (exact) mass is 436 g/mol. The molecule has 0 atom stereocenters. The Kier molecular flexibility index (Phi) is 9.77. The van der Waals surface area contributed by atoms with Gasteiger partial charge in [0.15, 0.2) is 11.5 Å². The second kappa shape index (κ2) is 12.5. The van der Waals surface area contributed by atoms with Gasteiger partial charge in [0, 0.05) is 20.3 Å². The van der Waals surface area contributed by atoms with Crippen molar-refractivity contribution in [3.8, 4) is 17.6 Å². The van der Waals surface area contributed by atoms with Crippen molar-refractivity contribution in [3.05, 3.63) is 63.7 Å². The number of amides is 1. The molecule has 32 heavy (non-hydrogen) atoms. The predicted octanol–water partition coefficient (Wildman–Crippen LogP) is 4.65. The summed E-state index contributed by atoms with van der Waals surface area (Å²) in [6, 6.07) is 11.7. The summed E-state index contributed by atoms with van der Waals surface area (Å²) in [5, 5.41) is 12.1. The maximum Gasteiger partial charge on any atom is 0.261 e. The minimum absolute atomic E-state index is 0.0319. The minimum atomic E-state index is -0.410. The Morgan fingerprint density at radius 2 is 1.81 bits per heavy atom. The van der Waals surface area contributed by atoms with E-state index in [1.54, 1.807) is 25.3 Å². The highest BCUT2D eigenvalue weighted by Crippen LogP contribution is 2.31. The van der Waals surface area contributed by atoms with E-state index >= 15 is 0 Å². The molecule has 0 fully saturated rings. The summed E-state index contributed by atoms with van der Waals surface area (Å²) in [6.45, 7) is 10.0. The zero-order chi connectivity index (χ0) is 23.5. The third-order valence-electron chi connectivity index (χ3n) is 4.97. The molecule has 0 bridgehead atoms. The van der Waals surface area contributed by atoms with E-state index in [0.29, 0.717) is 49.8 Å². The van der Waals surface area contributed by atoms with Gasteiger partial charge in [-0.2, -0.15) is 5.26 Å². The molecule has 2 rings (SSSR count). The molecule has 0 unspecified atom stereocenters. The van der Waals surface area contributed by atoms with Crippen LogP contribution in [0.1, 0.15) is 41.2 Å². The number of nitriles is 1. The number of aryl methyl sites for hydroxylation is 3. The fraction of sp³-hybridized carbons (Fsp3) is 0.385. The van der Waals surface area contributed by atoms with E-state index in [4.69, 9.17) is 14.2 Å². The van der Waals surface area contributed by atoms with Gasteiger partial charge in [0.05, 0.1) is 6.61 Å². The number of rotatable bonds is 11. The van der Waals surface area contributed by atoms with Gasteiger partial charge in [0.1, 0.15) is 18.2 Å². The molecular weight excluding hydrogens is 404 g/mol. The van der Waals surface area contributed by atoms with Crippen molar-refractivity contribution < 1.29 is 19.0 Å². The van der Waals surface area contributed by atoms with Gasteiger partial charge in [-0.1, -0.05) is 23.8 Å². The van der Waals surface area contributed by atoms with Crippen LogP contribution in [0.4, 0.5) is 0 Å². The lowest BCUT2D eigenvalue weighted by Crippen LogP contribution is -2.26. The summed E-state index contributed by atoms with van der Waals surface area (Å²) in [6.07, 6.45) is 2.23. The first-order valence-corrected chi connectivity index (χ1v) is 10.7. The largest absolute Gasteiger partial charge is 0.490 e. The predicted molar refractivity (Wildman–Crippen MR) is 126 cm³/mol. The second-order valence-corrected chi connectivity index (χ2v) is 7.58. The number of hydrogen-bond acceptors (Lipinski definition) is 5. The highest BCUT2D eigenvalue weighted by molar-refractivity contribution is 6.01. The molecule has 0 aliphatic heterocycles. The number of benzene rings is 2. The molecule has 0 saturated heterocycles. The van der Waals surface area contributed by atoms with Crippen LogP contribution in [-0.4, -0.2) is 32.8 Å². The van der Waals surface area contributed by atoms with E-state index in [9.17, 15) is 10.1 Å². The fourth-order valence-electron chi connectivity index (χ4n) is 3.42. The van der Waals surface area contributed by atoms with Crippen LogP contribution >= 0.6 is 0 Å². The van der Waals surface area contributed by atoms with E-state index in [0.717, 1.165) is 5.56 Å². The maximum absolute atomic E-state index is 12.3. The summed E-state index contributed by atoms with van der Waals surface area (Å²) in [7, 11) is 1.61. The summed E-state index contributed by atoms with van der Waals surface area (Å²) >= 11 is 0. The zero-order valence-corrected chi connectivity index (χ0v) is 19.6. The lowest BCUT2D eigenvalue weighted by molar-refractivity contribution is -0.117. The van der Waals surface area contributed by atoms with Crippen LogP contribution in [0.25, 0.3) is 6.08 Å². The molecule has 2 aromatic rings. The SMILES string of the molecule is CCOc1cc(/C=C(\C#N)C(=O)NCCCOC)ccc1OCc1c(C)cc(C)cc1C. The molecule has 170 valence electrons. The van der Waals surface area contributed by atoms with E-state index in [-0.39, 0.29) is 5.57 Å². The van der Waals surface area contributed by atoms with Gasteiger partial charge in [-0.15, -0.1) is 0 Å². The van der Waals surface area contributed by atoms with Crippen molar-refractivity contribution in [2.45, 2.75) is 40.7 Å². The number of methoxy groups -OCH3 is 1. The molecule has 0 aromatic heterocycles. The first kappa shape index (κ1) is 25.0. The third kappa shape index (κ3) is 7.14. The van der Waals surface area contributed by atoms with Crippen molar-refractivity contribution in [2.75, 3.05) is 26.9 Å². The van der Waals surface area contributed by atoms with Crippen LogP contribution in [0.3, 0.4) is 0 Å². The molecule has 0 heterocycles. The first-order valence-electron chi connectivity index (χ1n) is 10.7. The van der Waals surface area contributed by atoms with E-state index in [1.807, 2.05) is 19.1 Å². The summed E-state index contributed by atoms with van der Waals surface area (Å²) < 4.78 is 16.8. The van der Waals surface area contributed by atoms with Gasteiger partial charge in [0.2, 0.25) is 0 Å². The van der Waals surface area contributed by atoms with Gasteiger partial charge in [-0.25, -0.2) is 0 Å². The van der Waals surface area contributed by atoms with Crippen LogP contribution in [0, 0.1) is 32.1 Å². The number of nitrogens with one attached hydrogen (secondary N) is 1. The molecule has 0 saturated carbocycles. The van der Waals surface area contributed by atoms with Gasteiger partial charge < -0.3 is 19.5 Å². The summed E-state index contributed by atoms with van der Waals surface area (Å²) in [5.74, 6) is 0.777. The Hall–Kier alpha value is -3.30. The van der Waals surface area contributed by atoms with E-state index in [2.05, 4.69) is 38.2 Å². The third-order valence-corrected chi connectivity index (χ3v) is 4.97. The highest BCUT2D eigenvalue weighted by atomic mass is 16.5. The molecule has 2 aromatic carbocycles. The van der Waals surface area contributed by atoms with Crippen molar-refractivity contribution in [1.29, 1.82) is 5.26 Å². The maximum atomic E-state index is 12.3. The summed E-state index contributed by atoms with van der Waals surface area (Å²) in [5.41, 5.74) is 5.48. The molecule has 0 radical (unpaired) electrons. The Labute approximate surface area is 190 Å². The molecule has 1 N–H and O–H groups in total. The lowest BCUT2D eigenvalue weighted by Gasteiger charge is -2.16. The van der Waals surface area contributed by atoms with Gasteiger partial charge in [0.25, 0.3) is 5.91 Å². The molecule has 1 amide bonds. The number of ether oxygens (including phenoxy) is 3. The van der Waals surface area contributed by atoms with Gasteiger partial charge in [-0.05, 0) is 74.6 Å². The Bertz CT molecular complexity index is 982. The van der Waals surface area contributed by atoms with E-state index < -0.39 is 5.91 Å². The molecule has 0 aliphatic carbocycles. The number of carbonyl (C=O) groups excluding carboxylic acids is 1. The molecule has 6 heteroatoms. The second-order valence-electron chi connectivity index (χ2n) is 7.58. The Balaban J connectivity index is 2.19. The standard InChI is InChI=1S/C26H32N2O4/c1-6-31-25-15-21(14-22(16-27)26(29)28-10-7-11-30-5)8-9-24(25)32-17-23-19(3)12-18(2)13-20(23)4/h8-9,12-15H,6-7,10-11,17H2,1-5H3,(H,28,29)/b22-14+. The normalized spacial score (nSPS) is 11.1. The smallest absolute Gasteiger partial charge is 0.261 e. The van der Waals surface area contributed by atoms with Crippen LogP contribution in [0.15, 0.2) is 35.9 Å². The van der Waals surface area contributed by atoms with Gasteiger partial charge in [-0.3, -0.25) is 4.79 Å². The average molecular weight is 437 g/mol. The summed E-state index contributed by atoms with van der Waals surface area (Å²) in [4.78, 5) is 12.3. The number of carbonyl (C=O) groups is 1. The quantitative estimate of drug-likeness (QED) is 0.315. The lowest BCUT2D eigenvalue weighted by atomic mass is 10.0.